The van der Waals surface area contributed by atoms with E-state index in [1.165, 1.54) is 19.3 Å². The van der Waals surface area contributed by atoms with Crippen molar-refractivity contribution in [2.45, 2.75) is 46.1 Å². The molecule has 28 heavy (non-hydrogen) atoms. The van der Waals surface area contributed by atoms with E-state index in [-0.39, 0.29) is 36.4 Å². The molecular weight excluding hydrogens is 467 g/mol. The summed E-state index contributed by atoms with van der Waals surface area (Å²) in [5.41, 5.74) is 1.09. The number of unbranched alkanes of at least 4 members (excludes halogenated alkanes) is 1. The van der Waals surface area contributed by atoms with Gasteiger partial charge in [0.15, 0.2) is 5.96 Å². The Morgan fingerprint density at radius 2 is 1.86 bits per heavy atom. The summed E-state index contributed by atoms with van der Waals surface area (Å²) in [7, 11) is 5.16. The first-order chi connectivity index (χ1) is 13.0. The number of methoxy groups -OCH3 is 1. The number of benzene rings is 1. The molecule has 6 nitrogen and oxygen atoms in total. The van der Waals surface area contributed by atoms with Gasteiger partial charge < -0.3 is 20.3 Å². The van der Waals surface area contributed by atoms with Gasteiger partial charge in [0.2, 0.25) is 5.91 Å². The Labute approximate surface area is 187 Å². The van der Waals surface area contributed by atoms with Gasteiger partial charge in [-0.25, -0.2) is 4.99 Å². The van der Waals surface area contributed by atoms with Crippen molar-refractivity contribution in [1.29, 1.82) is 0 Å². The Kier molecular flexibility index (Phi) is 14.6. The zero-order chi connectivity index (χ0) is 20.1. The van der Waals surface area contributed by atoms with Crippen molar-refractivity contribution in [3.63, 3.8) is 0 Å². The SMILES string of the molecule is CCCCC(CC)CNC(=NCc1ccc(OC)cc1)NCC(=O)N(C)C.I. The van der Waals surface area contributed by atoms with Crippen LogP contribution in [0.15, 0.2) is 29.3 Å². The van der Waals surface area contributed by atoms with Crippen LogP contribution in [0.2, 0.25) is 0 Å². The lowest BCUT2D eigenvalue weighted by atomic mass is 9.99. The van der Waals surface area contributed by atoms with Gasteiger partial charge >= 0.3 is 0 Å². The van der Waals surface area contributed by atoms with Gasteiger partial charge in [-0.1, -0.05) is 45.2 Å². The van der Waals surface area contributed by atoms with Crippen LogP contribution in [0.1, 0.15) is 45.1 Å². The molecule has 7 heteroatoms. The van der Waals surface area contributed by atoms with Gasteiger partial charge in [-0.15, -0.1) is 24.0 Å². The first kappa shape index (κ1) is 26.5. The van der Waals surface area contributed by atoms with Crippen molar-refractivity contribution in [2.24, 2.45) is 10.9 Å². The van der Waals surface area contributed by atoms with Crippen molar-refractivity contribution >= 4 is 35.8 Å². The van der Waals surface area contributed by atoms with Crippen molar-refractivity contribution < 1.29 is 9.53 Å². The number of nitrogens with one attached hydrogen (secondary N) is 2. The van der Waals surface area contributed by atoms with Crippen LogP contribution in [-0.4, -0.2) is 51.1 Å². The van der Waals surface area contributed by atoms with Crippen LogP contribution in [0.3, 0.4) is 0 Å². The quantitative estimate of drug-likeness (QED) is 0.274. The van der Waals surface area contributed by atoms with Gasteiger partial charge in [0.1, 0.15) is 5.75 Å². The van der Waals surface area contributed by atoms with E-state index < -0.39 is 0 Å². The maximum absolute atomic E-state index is 11.9. The molecule has 0 saturated heterocycles. The van der Waals surface area contributed by atoms with E-state index in [4.69, 9.17) is 4.74 Å². The molecule has 0 aliphatic heterocycles. The van der Waals surface area contributed by atoms with Crippen LogP contribution in [0, 0.1) is 5.92 Å². The normalized spacial score (nSPS) is 12.0. The maximum atomic E-state index is 11.9. The Morgan fingerprint density at radius 1 is 1.18 bits per heavy atom. The summed E-state index contributed by atoms with van der Waals surface area (Å²) in [5.74, 6) is 2.14. The highest BCUT2D eigenvalue weighted by molar-refractivity contribution is 14.0. The molecule has 0 heterocycles. The lowest BCUT2D eigenvalue weighted by Gasteiger charge is -2.19. The van der Waals surface area contributed by atoms with Crippen LogP contribution in [0.4, 0.5) is 0 Å². The van der Waals surface area contributed by atoms with Gasteiger partial charge in [0.25, 0.3) is 0 Å². The van der Waals surface area contributed by atoms with E-state index >= 15 is 0 Å². The van der Waals surface area contributed by atoms with Crippen molar-refractivity contribution in [2.75, 3.05) is 34.3 Å². The molecule has 0 radical (unpaired) electrons. The molecule has 0 aromatic heterocycles. The highest BCUT2D eigenvalue weighted by Gasteiger charge is 2.09. The van der Waals surface area contributed by atoms with E-state index in [0.29, 0.717) is 18.4 Å². The first-order valence-electron chi connectivity index (χ1n) is 9.85. The Hall–Kier alpha value is -1.51. The standard InChI is InChI=1S/C21H36N4O2.HI/c1-6-8-9-17(7-2)14-22-21(24-16-20(26)25(3)4)23-15-18-10-12-19(27-5)13-11-18;/h10-13,17H,6-9,14-16H2,1-5H3,(H2,22,23,24);1H. The molecule has 1 aromatic rings. The number of carbonyl (C=O) groups excluding carboxylic acids is 1. The maximum Gasteiger partial charge on any atom is 0.241 e. The van der Waals surface area contributed by atoms with E-state index in [2.05, 4.69) is 29.5 Å². The monoisotopic (exact) mass is 504 g/mol. The number of carbonyl (C=O) groups is 1. The Morgan fingerprint density at radius 3 is 2.39 bits per heavy atom. The molecule has 0 spiro atoms. The molecule has 2 N–H and O–H groups in total. The molecule has 0 aliphatic carbocycles. The second-order valence-corrected chi connectivity index (χ2v) is 6.95. The lowest BCUT2D eigenvalue weighted by molar-refractivity contribution is -0.127. The minimum absolute atomic E-state index is 0. The van der Waals surface area contributed by atoms with Crippen LogP contribution in [0.5, 0.6) is 5.75 Å². The number of guanidine groups is 1. The summed E-state index contributed by atoms with van der Waals surface area (Å²) in [6, 6.07) is 7.86. The number of hydrogen-bond acceptors (Lipinski definition) is 3. The van der Waals surface area contributed by atoms with Crippen LogP contribution in [-0.2, 0) is 11.3 Å². The van der Waals surface area contributed by atoms with Crippen molar-refractivity contribution in [3.05, 3.63) is 29.8 Å². The summed E-state index contributed by atoms with van der Waals surface area (Å²) in [6.45, 7) is 6.07. The number of amides is 1. The number of halogens is 1. The average molecular weight is 504 g/mol. The van der Waals surface area contributed by atoms with Crippen LogP contribution in [0.25, 0.3) is 0 Å². The van der Waals surface area contributed by atoms with E-state index in [9.17, 15) is 4.79 Å². The largest absolute Gasteiger partial charge is 0.497 e. The first-order valence-corrected chi connectivity index (χ1v) is 9.85. The summed E-state index contributed by atoms with van der Waals surface area (Å²) in [6.07, 6.45) is 4.80. The zero-order valence-electron chi connectivity index (χ0n) is 18.0. The Bertz CT molecular complexity index is 576. The molecule has 1 rings (SSSR count). The van der Waals surface area contributed by atoms with Crippen LogP contribution >= 0.6 is 24.0 Å². The van der Waals surface area contributed by atoms with Gasteiger partial charge in [-0.2, -0.15) is 0 Å². The number of rotatable bonds is 11. The summed E-state index contributed by atoms with van der Waals surface area (Å²) >= 11 is 0. The molecule has 0 saturated carbocycles. The van der Waals surface area contributed by atoms with Crippen molar-refractivity contribution in [1.82, 2.24) is 15.5 Å². The zero-order valence-corrected chi connectivity index (χ0v) is 20.3. The lowest BCUT2D eigenvalue weighted by Crippen LogP contribution is -2.44. The summed E-state index contributed by atoms with van der Waals surface area (Å²) in [4.78, 5) is 18.1. The number of likely N-dealkylation sites (N-methyl/N-ethyl adjacent to an activating group) is 1. The number of ether oxygens (including phenoxy) is 1. The molecule has 1 amide bonds. The topological polar surface area (TPSA) is 66.0 Å². The molecule has 0 aliphatic rings. The summed E-state index contributed by atoms with van der Waals surface area (Å²) in [5, 5.41) is 6.56. The fourth-order valence-corrected chi connectivity index (χ4v) is 2.58. The second-order valence-electron chi connectivity index (χ2n) is 6.95. The van der Waals surface area contributed by atoms with Gasteiger partial charge in [0.05, 0.1) is 20.2 Å². The van der Waals surface area contributed by atoms with Gasteiger partial charge in [0, 0.05) is 20.6 Å². The number of nitrogens with zero attached hydrogens (tertiary/aromatic N) is 2. The molecule has 1 aromatic carbocycles. The van der Waals surface area contributed by atoms with E-state index in [1.54, 1.807) is 26.1 Å². The van der Waals surface area contributed by atoms with E-state index in [0.717, 1.165) is 24.3 Å². The smallest absolute Gasteiger partial charge is 0.241 e. The summed E-state index contributed by atoms with van der Waals surface area (Å²) < 4.78 is 5.19. The minimum Gasteiger partial charge on any atom is -0.497 e. The number of hydrogen-bond donors (Lipinski definition) is 2. The third-order valence-electron chi connectivity index (χ3n) is 4.59. The third-order valence-corrected chi connectivity index (χ3v) is 4.59. The molecule has 160 valence electrons. The van der Waals surface area contributed by atoms with Crippen molar-refractivity contribution in [3.8, 4) is 5.75 Å². The second kappa shape index (κ2) is 15.4. The average Bonchev–Trinajstić information content (AvgIpc) is 2.69. The minimum atomic E-state index is 0. The molecule has 0 bridgehead atoms. The predicted molar refractivity (Wildman–Crippen MR) is 128 cm³/mol. The highest BCUT2D eigenvalue weighted by Crippen LogP contribution is 2.12. The molecular formula is C21H37IN4O2. The fraction of sp³-hybridized carbons (Fsp3) is 0.619. The van der Waals surface area contributed by atoms with E-state index in [1.807, 2.05) is 24.3 Å². The highest BCUT2D eigenvalue weighted by atomic mass is 127. The van der Waals surface area contributed by atoms with Crippen LogP contribution < -0.4 is 15.4 Å². The molecule has 0 fully saturated rings. The number of aliphatic imine (C=N–C) groups is 1. The van der Waals surface area contributed by atoms with Gasteiger partial charge in [-0.3, -0.25) is 4.79 Å². The molecule has 1 unspecified atom stereocenters. The third kappa shape index (κ3) is 10.7. The van der Waals surface area contributed by atoms with Gasteiger partial charge in [-0.05, 0) is 30.0 Å². The Balaban J connectivity index is 0.00000729. The fourth-order valence-electron chi connectivity index (χ4n) is 2.58. The predicted octanol–water partition coefficient (Wildman–Crippen LogP) is 3.65. The molecule has 1 atom stereocenters.